The molecule has 1 amide bonds. The number of carbonyl (C=O) groups is 1. The molecule has 8 heteroatoms. The molecule has 2 aliphatic rings. The van der Waals surface area contributed by atoms with Gasteiger partial charge in [-0.25, -0.2) is 4.98 Å². The number of carbonyl (C=O) groups excluding carboxylic acids is 1. The first kappa shape index (κ1) is 17.3. The molecule has 0 unspecified atom stereocenters. The number of rotatable bonds is 1. The Labute approximate surface area is 148 Å². The number of benzene rings is 1. The summed E-state index contributed by atoms with van der Waals surface area (Å²) in [4.78, 5) is 20.4. The number of aromatic nitrogens is 2. The molecule has 0 bridgehead atoms. The number of amides is 1. The number of aromatic amines is 1. The molecule has 1 aromatic carbocycles. The zero-order chi connectivity index (χ0) is 18.4. The average molecular weight is 367 g/mol. The van der Waals surface area contributed by atoms with E-state index in [-0.39, 0.29) is 22.5 Å². The molecule has 140 valence electrons. The summed E-state index contributed by atoms with van der Waals surface area (Å²) < 4.78 is 44.3. The average Bonchev–Trinajstić information content (AvgIpc) is 3.17. The molecule has 0 aliphatic carbocycles. The van der Waals surface area contributed by atoms with Crippen LogP contribution in [0.5, 0.6) is 0 Å². The highest BCUT2D eigenvalue weighted by atomic mass is 19.4. The summed E-state index contributed by atoms with van der Waals surface area (Å²) in [5.74, 6) is -1.21. The van der Waals surface area contributed by atoms with Gasteiger partial charge in [0, 0.05) is 25.3 Å². The van der Waals surface area contributed by atoms with Crippen LogP contribution in [0.15, 0.2) is 18.2 Å². The van der Waals surface area contributed by atoms with Gasteiger partial charge < -0.3 is 14.6 Å². The molecule has 0 radical (unpaired) electrons. The molecule has 5 nitrogen and oxygen atoms in total. The van der Waals surface area contributed by atoms with Crippen molar-refractivity contribution in [2.24, 2.45) is 0 Å². The van der Waals surface area contributed by atoms with Crippen LogP contribution in [0.2, 0.25) is 0 Å². The van der Waals surface area contributed by atoms with E-state index < -0.39 is 12.0 Å². The molecule has 1 spiro atoms. The molecule has 2 fully saturated rings. The fourth-order valence-electron chi connectivity index (χ4n) is 3.98. The molecule has 1 atom stereocenters. The van der Waals surface area contributed by atoms with Crippen molar-refractivity contribution in [2.45, 2.75) is 43.9 Å². The van der Waals surface area contributed by atoms with Crippen molar-refractivity contribution in [2.75, 3.05) is 19.7 Å². The quantitative estimate of drug-likeness (QED) is 0.835. The van der Waals surface area contributed by atoms with E-state index in [1.54, 1.807) is 11.0 Å². The lowest BCUT2D eigenvalue weighted by molar-refractivity contribution is -0.144. The Bertz CT molecular complexity index is 825. The minimum atomic E-state index is -4.54. The summed E-state index contributed by atoms with van der Waals surface area (Å²) in [7, 11) is 0. The van der Waals surface area contributed by atoms with E-state index in [9.17, 15) is 18.0 Å². The lowest BCUT2D eigenvalue weighted by atomic mass is 9.92. The minimum Gasteiger partial charge on any atom is -0.375 e. The van der Waals surface area contributed by atoms with Crippen molar-refractivity contribution in [1.29, 1.82) is 0 Å². The van der Waals surface area contributed by atoms with E-state index in [2.05, 4.69) is 9.97 Å². The van der Waals surface area contributed by atoms with E-state index in [1.807, 2.05) is 0 Å². The maximum Gasteiger partial charge on any atom is 0.449 e. The van der Waals surface area contributed by atoms with Gasteiger partial charge in [0.1, 0.15) is 0 Å². The maximum absolute atomic E-state index is 12.8. The van der Waals surface area contributed by atoms with Gasteiger partial charge in [-0.2, -0.15) is 13.2 Å². The summed E-state index contributed by atoms with van der Waals surface area (Å²) in [5.41, 5.74) is 0.694. The van der Waals surface area contributed by atoms with Crippen molar-refractivity contribution in [3.63, 3.8) is 0 Å². The Hall–Kier alpha value is -2.09. The van der Waals surface area contributed by atoms with Crippen LogP contribution in [0.25, 0.3) is 11.0 Å². The predicted molar refractivity (Wildman–Crippen MR) is 88.8 cm³/mol. The number of hydrogen-bond donors (Lipinski definition) is 1. The normalized spacial score (nSPS) is 24.3. The van der Waals surface area contributed by atoms with Crippen LogP contribution in [-0.4, -0.2) is 46.1 Å². The van der Waals surface area contributed by atoms with Crippen LogP contribution in [0.3, 0.4) is 0 Å². The standard InChI is InChI=1S/C18H20F3N3O2/c19-18(20,21)16-22-13-4-3-12(11-14(13)23-16)15(25)24-8-1-5-17(7-9-24)6-2-10-26-17/h3-4,11H,1-2,5-10H2,(H,22,23)/t17-/m1/s1. The van der Waals surface area contributed by atoms with E-state index in [4.69, 9.17) is 4.74 Å². The Morgan fingerprint density at radius 1 is 1.19 bits per heavy atom. The molecule has 26 heavy (non-hydrogen) atoms. The number of halogens is 3. The molecule has 2 saturated heterocycles. The molecule has 4 rings (SSSR count). The fourth-order valence-corrected chi connectivity index (χ4v) is 3.98. The van der Waals surface area contributed by atoms with Crippen LogP contribution >= 0.6 is 0 Å². The molecule has 3 heterocycles. The summed E-state index contributed by atoms with van der Waals surface area (Å²) in [6, 6.07) is 4.44. The molecule has 1 aromatic heterocycles. The first-order valence-electron chi connectivity index (χ1n) is 8.87. The topological polar surface area (TPSA) is 58.2 Å². The highest BCUT2D eigenvalue weighted by Gasteiger charge is 2.38. The van der Waals surface area contributed by atoms with Crippen LogP contribution in [0.4, 0.5) is 13.2 Å². The summed E-state index contributed by atoms with van der Waals surface area (Å²) in [5, 5.41) is 0. The zero-order valence-corrected chi connectivity index (χ0v) is 14.2. The predicted octanol–water partition coefficient (Wildman–Crippen LogP) is 3.76. The third kappa shape index (κ3) is 3.18. The molecule has 2 aliphatic heterocycles. The smallest absolute Gasteiger partial charge is 0.375 e. The Morgan fingerprint density at radius 2 is 2.00 bits per heavy atom. The SMILES string of the molecule is O=C(c1ccc2nc(C(F)(F)F)[nH]c2c1)N1CCC[C@@]2(CCCO2)CC1. The summed E-state index contributed by atoms with van der Waals surface area (Å²) in [6.45, 7) is 2.03. The van der Waals surface area contributed by atoms with Gasteiger partial charge in [0.15, 0.2) is 0 Å². The molecular formula is C18H20F3N3O2. The zero-order valence-electron chi connectivity index (χ0n) is 14.2. The second-order valence-electron chi connectivity index (χ2n) is 7.10. The van der Waals surface area contributed by atoms with E-state index in [0.29, 0.717) is 18.7 Å². The van der Waals surface area contributed by atoms with Crippen LogP contribution < -0.4 is 0 Å². The Balaban J connectivity index is 1.54. The number of ether oxygens (including phenoxy) is 1. The number of imidazole rings is 1. The van der Waals surface area contributed by atoms with Gasteiger partial charge in [0.2, 0.25) is 5.82 Å². The summed E-state index contributed by atoms with van der Waals surface area (Å²) >= 11 is 0. The van der Waals surface area contributed by atoms with Crippen molar-refractivity contribution in [1.82, 2.24) is 14.9 Å². The van der Waals surface area contributed by atoms with E-state index >= 15 is 0 Å². The first-order chi connectivity index (χ1) is 12.4. The largest absolute Gasteiger partial charge is 0.449 e. The third-order valence-electron chi connectivity index (χ3n) is 5.37. The minimum absolute atomic E-state index is 0.0933. The van der Waals surface area contributed by atoms with Gasteiger partial charge in [0.05, 0.1) is 16.6 Å². The van der Waals surface area contributed by atoms with Crippen LogP contribution in [0, 0.1) is 0 Å². The van der Waals surface area contributed by atoms with Crippen molar-refractivity contribution in [3.05, 3.63) is 29.6 Å². The highest BCUT2D eigenvalue weighted by Crippen LogP contribution is 2.36. The number of hydrogen-bond acceptors (Lipinski definition) is 3. The number of nitrogens with zero attached hydrogens (tertiary/aromatic N) is 2. The van der Waals surface area contributed by atoms with Crippen LogP contribution in [-0.2, 0) is 10.9 Å². The number of H-pyrrole nitrogens is 1. The molecular weight excluding hydrogens is 347 g/mol. The number of nitrogens with one attached hydrogen (secondary N) is 1. The van der Waals surface area contributed by atoms with Gasteiger partial charge in [-0.1, -0.05) is 0 Å². The second-order valence-corrected chi connectivity index (χ2v) is 7.10. The van der Waals surface area contributed by atoms with Crippen molar-refractivity contribution < 1.29 is 22.7 Å². The van der Waals surface area contributed by atoms with Gasteiger partial charge >= 0.3 is 6.18 Å². The van der Waals surface area contributed by atoms with Gasteiger partial charge in [-0.05, 0) is 50.3 Å². The monoisotopic (exact) mass is 367 g/mol. The Morgan fingerprint density at radius 3 is 2.73 bits per heavy atom. The fraction of sp³-hybridized carbons (Fsp3) is 0.556. The Kier molecular flexibility index (Phi) is 4.17. The van der Waals surface area contributed by atoms with Crippen molar-refractivity contribution in [3.8, 4) is 0 Å². The van der Waals surface area contributed by atoms with Gasteiger partial charge in [0.25, 0.3) is 5.91 Å². The molecule has 2 aromatic rings. The second kappa shape index (κ2) is 6.26. The van der Waals surface area contributed by atoms with E-state index in [1.165, 1.54) is 12.1 Å². The van der Waals surface area contributed by atoms with Crippen molar-refractivity contribution >= 4 is 16.9 Å². The lowest BCUT2D eigenvalue weighted by Gasteiger charge is -2.27. The van der Waals surface area contributed by atoms with Gasteiger partial charge in [-0.15, -0.1) is 0 Å². The van der Waals surface area contributed by atoms with Crippen LogP contribution in [0.1, 0.15) is 48.3 Å². The third-order valence-corrected chi connectivity index (χ3v) is 5.37. The summed E-state index contributed by atoms with van der Waals surface area (Å²) in [6.07, 6.45) is 0.190. The van der Waals surface area contributed by atoms with Gasteiger partial charge in [-0.3, -0.25) is 4.79 Å². The first-order valence-corrected chi connectivity index (χ1v) is 8.87. The molecule has 0 saturated carbocycles. The van der Waals surface area contributed by atoms with E-state index in [0.717, 1.165) is 38.7 Å². The number of likely N-dealkylation sites (tertiary alicyclic amines) is 1. The maximum atomic E-state index is 12.8. The highest BCUT2D eigenvalue weighted by molar-refractivity contribution is 5.97. The lowest BCUT2D eigenvalue weighted by Crippen LogP contribution is -2.34. The number of alkyl halides is 3. The molecule has 1 N–H and O–H groups in total. The number of fused-ring (bicyclic) bond motifs is 1.